The van der Waals surface area contributed by atoms with Gasteiger partial charge in [0.05, 0.1) is 18.1 Å². The van der Waals surface area contributed by atoms with Crippen LogP contribution in [0.3, 0.4) is 0 Å². The molecule has 1 saturated heterocycles. The number of hydrogen-bond acceptors (Lipinski definition) is 5. The van der Waals surface area contributed by atoms with Gasteiger partial charge in [0, 0.05) is 44.3 Å². The van der Waals surface area contributed by atoms with Crippen molar-refractivity contribution in [3.8, 4) is 0 Å². The first kappa shape index (κ1) is 24.9. The number of amides is 1. The Morgan fingerprint density at radius 1 is 1.03 bits per heavy atom. The van der Waals surface area contributed by atoms with Crippen LogP contribution in [0.5, 0.6) is 0 Å². The molecular weight excluding hydrogens is 450 g/mol. The van der Waals surface area contributed by atoms with Gasteiger partial charge >= 0.3 is 0 Å². The summed E-state index contributed by atoms with van der Waals surface area (Å²) in [4.78, 5) is 15.5. The van der Waals surface area contributed by atoms with E-state index in [1.807, 2.05) is 24.3 Å². The van der Waals surface area contributed by atoms with Crippen molar-refractivity contribution in [2.75, 3.05) is 39.4 Å². The van der Waals surface area contributed by atoms with Gasteiger partial charge in [0.2, 0.25) is 10.0 Å². The van der Waals surface area contributed by atoms with E-state index in [9.17, 15) is 13.2 Å². The lowest BCUT2D eigenvalue weighted by atomic mass is 10.0. The summed E-state index contributed by atoms with van der Waals surface area (Å²) in [5.41, 5.74) is 2.59. The zero-order valence-corrected chi connectivity index (χ0v) is 20.9. The summed E-state index contributed by atoms with van der Waals surface area (Å²) in [5, 5.41) is 3.04. The van der Waals surface area contributed by atoms with Crippen LogP contribution in [-0.2, 0) is 27.7 Å². The molecule has 1 amide bonds. The van der Waals surface area contributed by atoms with E-state index >= 15 is 0 Å². The fraction of sp³-hybridized carbons (Fsp3) is 0.500. The first-order valence-electron chi connectivity index (χ1n) is 12.1. The van der Waals surface area contributed by atoms with E-state index in [0.29, 0.717) is 50.8 Å². The third kappa shape index (κ3) is 5.86. The topological polar surface area (TPSA) is 79.0 Å². The fourth-order valence-electron chi connectivity index (χ4n) is 4.78. The molecule has 0 saturated carbocycles. The average Bonchev–Trinajstić information content (AvgIpc) is 2.86. The van der Waals surface area contributed by atoms with Gasteiger partial charge in [-0.15, -0.1) is 0 Å². The lowest BCUT2D eigenvalue weighted by Gasteiger charge is -2.35. The van der Waals surface area contributed by atoms with Crippen LogP contribution in [0.2, 0.25) is 0 Å². The predicted molar refractivity (Wildman–Crippen MR) is 132 cm³/mol. The van der Waals surface area contributed by atoms with Crippen molar-refractivity contribution in [2.45, 2.75) is 44.2 Å². The van der Waals surface area contributed by atoms with Gasteiger partial charge in [-0.05, 0) is 48.1 Å². The number of sulfonamides is 1. The molecule has 1 fully saturated rings. The Morgan fingerprint density at radius 2 is 1.76 bits per heavy atom. The maximum absolute atomic E-state index is 13.3. The van der Waals surface area contributed by atoms with E-state index in [1.165, 1.54) is 15.9 Å². The lowest BCUT2D eigenvalue weighted by Crippen LogP contribution is -2.49. The molecule has 7 nitrogen and oxygen atoms in total. The molecule has 2 heterocycles. The number of carbonyl (C=O) groups excluding carboxylic acids is 1. The van der Waals surface area contributed by atoms with Crippen LogP contribution in [-0.4, -0.2) is 69.0 Å². The number of nitrogens with zero attached hydrogens (tertiary/aromatic N) is 2. The van der Waals surface area contributed by atoms with Gasteiger partial charge in [0.15, 0.2) is 0 Å². The Bertz CT molecular complexity index is 1100. The van der Waals surface area contributed by atoms with Crippen LogP contribution in [0.15, 0.2) is 53.4 Å². The van der Waals surface area contributed by atoms with E-state index in [0.717, 1.165) is 25.1 Å². The third-order valence-electron chi connectivity index (χ3n) is 6.63. The second kappa shape index (κ2) is 11.0. The Labute approximate surface area is 203 Å². The summed E-state index contributed by atoms with van der Waals surface area (Å²) in [6.45, 7) is 8.83. The van der Waals surface area contributed by atoms with Crippen molar-refractivity contribution in [2.24, 2.45) is 5.92 Å². The van der Waals surface area contributed by atoms with E-state index in [1.54, 1.807) is 18.2 Å². The second-order valence-electron chi connectivity index (χ2n) is 9.53. The molecule has 0 aliphatic carbocycles. The zero-order chi connectivity index (χ0) is 24.1. The number of fused-ring (bicyclic) bond motifs is 1. The first-order valence-corrected chi connectivity index (χ1v) is 13.6. The van der Waals surface area contributed by atoms with Gasteiger partial charge in [-0.1, -0.05) is 44.2 Å². The van der Waals surface area contributed by atoms with Gasteiger partial charge < -0.3 is 10.1 Å². The number of rotatable bonds is 8. The highest BCUT2D eigenvalue weighted by atomic mass is 32.2. The Morgan fingerprint density at radius 3 is 2.50 bits per heavy atom. The molecule has 2 aromatic rings. The molecule has 8 heteroatoms. The highest BCUT2D eigenvalue weighted by Gasteiger charge is 2.29. The highest BCUT2D eigenvalue weighted by Crippen LogP contribution is 2.25. The smallest absolute Gasteiger partial charge is 0.251 e. The maximum atomic E-state index is 13.3. The number of hydrogen-bond donors (Lipinski definition) is 1. The number of carbonyl (C=O) groups is 1. The average molecular weight is 486 g/mol. The summed E-state index contributed by atoms with van der Waals surface area (Å²) in [5.74, 6) is 0.260. The van der Waals surface area contributed by atoms with Crippen LogP contribution < -0.4 is 5.32 Å². The van der Waals surface area contributed by atoms with Crippen molar-refractivity contribution in [1.82, 2.24) is 14.5 Å². The van der Waals surface area contributed by atoms with Crippen LogP contribution in [0, 0.1) is 5.92 Å². The Kier molecular flexibility index (Phi) is 8.03. The molecule has 1 unspecified atom stereocenters. The van der Waals surface area contributed by atoms with Crippen LogP contribution in [0.4, 0.5) is 0 Å². The van der Waals surface area contributed by atoms with Crippen LogP contribution in [0.1, 0.15) is 41.8 Å². The summed E-state index contributed by atoms with van der Waals surface area (Å²) in [6.07, 6.45) is 1.67. The van der Waals surface area contributed by atoms with Crippen molar-refractivity contribution < 1.29 is 17.9 Å². The molecule has 2 aliphatic heterocycles. The summed E-state index contributed by atoms with van der Waals surface area (Å²) < 4.78 is 33.7. The van der Waals surface area contributed by atoms with Crippen molar-refractivity contribution in [3.05, 3.63) is 65.2 Å². The number of ether oxygens (including phenoxy) is 1. The minimum Gasteiger partial charge on any atom is -0.379 e. The van der Waals surface area contributed by atoms with Crippen LogP contribution in [0.25, 0.3) is 0 Å². The first-order chi connectivity index (χ1) is 16.3. The van der Waals surface area contributed by atoms with Gasteiger partial charge in [-0.2, -0.15) is 4.31 Å². The Balaban J connectivity index is 1.44. The molecule has 0 spiro atoms. The molecule has 1 N–H and O–H groups in total. The number of benzene rings is 2. The van der Waals surface area contributed by atoms with E-state index in [2.05, 4.69) is 24.1 Å². The zero-order valence-electron chi connectivity index (χ0n) is 20.1. The Hall–Kier alpha value is -2.26. The van der Waals surface area contributed by atoms with Crippen molar-refractivity contribution in [3.63, 3.8) is 0 Å². The molecular formula is C26H35N3O4S. The third-order valence-corrected chi connectivity index (χ3v) is 8.47. The van der Waals surface area contributed by atoms with Crippen molar-refractivity contribution >= 4 is 15.9 Å². The standard InChI is InChI=1S/C26H35N3O4S/c1-20(2)16-24(28-12-14-33-15-13-28)18-27-26(30)22-8-5-9-25(17-22)34(31,32)29-11-10-21-6-3-4-7-23(21)19-29/h3-9,17,20,24H,10-16,18-19H2,1-2H3,(H,27,30). The van der Waals surface area contributed by atoms with E-state index in [-0.39, 0.29) is 16.8 Å². The van der Waals surface area contributed by atoms with Crippen LogP contribution >= 0.6 is 0 Å². The summed E-state index contributed by atoms with van der Waals surface area (Å²) in [7, 11) is -3.69. The quantitative estimate of drug-likeness (QED) is 0.622. The van der Waals surface area contributed by atoms with Crippen molar-refractivity contribution in [1.29, 1.82) is 0 Å². The molecule has 184 valence electrons. The van der Waals surface area contributed by atoms with Gasteiger partial charge in [0.25, 0.3) is 5.91 Å². The predicted octanol–water partition coefficient (Wildman–Crippen LogP) is 2.91. The molecule has 2 aromatic carbocycles. The van der Waals surface area contributed by atoms with Gasteiger partial charge in [-0.3, -0.25) is 9.69 Å². The SMILES string of the molecule is CC(C)CC(CNC(=O)c1cccc(S(=O)(=O)N2CCc3ccccc3C2)c1)N1CCOCC1. The molecule has 34 heavy (non-hydrogen) atoms. The molecule has 1 atom stereocenters. The number of morpholine rings is 1. The normalized spacial score (nSPS) is 18.4. The summed E-state index contributed by atoms with van der Waals surface area (Å²) >= 11 is 0. The summed E-state index contributed by atoms with van der Waals surface area (Å²) in [6, 6.07) is 14.6. The maximum Gasteiger partial charge on any atom is 0.251 e. The molecule has 0 aromatic heterocycles. The van der Waals surface area contributed by atoms with E-state index in [4.69, 9.17) is 4.74 Å². The van der Waals surface area contributed by atoms with Gasteiger partial charge in [0.1, 0.15) is 0 Å². The molecule has 0 radical (unpaired) electrons. The van der Waals surface area contributed by atoms with Gasteiger partial charge in [-0.25, -0.2) is 8.42 Å². The molecule has 2 aliphatic rings. The minimum absolute atomic E-state index is 0.159. The largest absolute Gasteiger partial charge is 0.379 e. The van der Waals surface area contributed by atoms with E-state index < -0.39 is 10.0 Å². The molecule has 4 rings (SSSR count). The number of nitrogens with one attached hydrogen (secondary N) is 1. The fourth-order valence-corrected chi connectivity index (χ4v) is 6.25. The molecule has 0 bridgehead atoms. The highest BCUT2D eigenvalue weighted by molar-refractivity contribution is 7.89. The minimum atomic E-state index is -3.69. The second-order valence-corrected chi connectivity index (χ2v) is 11.5. The monoisotopic (exact) mass is 485 g/mol. The lowest BCUT2D eigenvalue weighted by molar-refractivity contribution is 0.0124.